The van der Waals surface area contributed by atoms with Crippen LogP contribution in [0.2, 0.25) is 0 Å². The van der Waals surface area contributed by atoms with Crippen LogP contribution in [0.3, 0.4) is 0 Å². The van der Waals surface area contributed by atoms with Gasteiger partial charge in [-0.2, -0.15) is 0 Å². The Labute approximate surface area is 556 Å². The lowest BCUT2D eigenvalue weighted by molar-refractivity contribution is 0.660. The van der Waals surface area contributed by atoms with Crippen LogP contribution in [0.15, 0.2) is 309 Å². The summed E-state index contributed by atoms with van der Waals surface area (Å²) in [6.45, 7) is 9.60. The molecule has 3 heteroatoms. The van der Waals surface area contributed by atoms with Crippen molar-refractivity contribution in [2.24, 2.45) is 0 Å². The summed E-state index contributed by atoms with van der Waals surface area (Å²) in [6, 6.07) is 116. The third-order valence-corrected chi connectivity index (χ3v) is 23.2. The second kappa shape index (κ2) is 22.2. The van der Waals surface area contributed by atoms with E-state index < -0.39 is 7.53 Å². The van der Waals surface area contributed by atoms with E-state index in [2.05, 4.69) is 371 Å². The van der Waals surface area contributed by atoms with Gasteiger partial charge in [0.05, 0.1) is 22.7 Å². The highest BCUT2D eigenvalue weighted by molar-refractivity contribution is 7.67. The van der Waals surface area contributed by atoms with Crippen LogP contribution in [-0.2, 0) is 10.8 Å². The van der Waals surface area contributed by atoms with Crippen molar-refractivity contribution in [2.45, 2.75) is 38.5 Å². The molecule has 18 rings (SSSR count). The molecule has 0 unspecified atom stereocenters. The van der Waals surface area contributed by atoms with E-state index in [0.717, 1.165) is 11.4 Å². The summed E-state index contributed by atoms with van der Waals surface area (Å²) in [4.78, 5) is 4.96. The number of nitrogens with zero attached hydrogens (tertiary/aromatic N) is 2. The minimum Gasteiger partial charge on any atom is -0.309 e. The largest absolute Gasteiger partial charge is 0.309 e. The van der Waals surface area contributed by atoms with Gasteiger partial charge in [-0.25, -0.2) is 0 Å². The molecule has 0 saturated carbocycles. The predicted octanol–water partition coefficient (Wildman–Crippen LogP) is 26.5. The normalized spacial score (nSPS) is 13.6. The van der Waals surface area contributed by atoms with E-state index in [-0.39, 0.29) is 10.8 Å². The van der Waals surface area contributed by atoms with E-state index in [1.807, 2.05) is 0 Å². The predicted molar refractivity (Wildman–Crippen MR) is 411 cm³/mol. The Morgan fingerprint density at radius 1 is 0.253 bits per heavy atom. The molecule has 95 heavy (non-hydrogen) atoms. The van der Waals surface area contributed by atoms with E-state index in [1.54, 1.807) is 0 Å². The molecule has 2 aliphatic carbocycles. The zero-order valence-electron chi connectivity index (χ0n) is 53.6. The lowest BCUT2D eigenvalue weighted by Crippen LogP contribution is -2.17. The van der Waals surface area contributed by atoms with E-state index in [4.69, 9.17) is 0 Å². The highest BCUT2D eigenvalue weighted by atomic mass is 31.1. The van der Waals surface area contributed by atoms with Gasteiger partial charge in [-0.05, 0) is 177 Å². The van der Waals surface area contributed by atoms with Gasteiger partial charge in [0, 0.05) is 54.0 Å². The van der Waals surface area contributed by atoms with Gasteiger partial charge in [0.1, 0.15) is 0 Å². The lowest BCUT2D eigenvalue weighted by atomic mass is 9.81. The highest BCUT2D eigenvalue weighted by Gasteiger charge is 2.38. The van der Waals surface area contributed by atoms with Crippen LogP contribution >= 0.6 is 7.53 Å². The molecule has 0 aliphatic heterocycles. The molecule has 0 fully saturated rings. The van der Waals surface area contributed by atoms with E-state index in [1.165, 1.54) is 159 Å². The van der Waals surface area contributed by atoms with Gasteiger partial charge in [0.15, 0.2) is 0 Å². The Morgan fingerprint density at radius 2 is 0.547 bits per heavy atom. The van der Waals surface area contributed by atoms with Gasteiger partial charge in [0.2, 0.25) is 0 Å². The maximum atomic E-state index is 2.48. The van der Waals surface area contributed by atoms with Gasteiger partial charge in [-0.1, -0.05) is 296 Å². The van der Waals surface area contributed by atoms with Gasteiger partial charge in [0.25, 0.3) is 0 Å². The van der Waals surface area contributed by atoms with Crippen molar-refractivity contribution < 1.29 is 0 Å². The molecule has 0 bridgehead atoms. The fraction of sp³-hybridized carbons (Fsp3) is 0.0652. The number of hydrogen-bond donors (Lipinski definition) is 0. The van der Waals surface area contributed by atoms with Crippen molar-refractivity contribution >= 4 is 130 Å². The summed E-state index contributed by atoms with van der Waals surface area (Å²) in [5.41, 5.74) is 21.9. The van der Waals surface area contributed by atoms with Crippen molar-refractivity contribution in [1.29, 1.82) is 0 Å². The molecule has 0 radical (unpaired) electrons. The average Bonchev–Trinajstić information content (AvgIpc) is 1.60. The Bertz CT molecular complexity index is 5360. The number of rotatable bonds is 11. The van der Waals surface area contributed by atoms with Crippen LogP contribution in [0, 0.1) is 0 Å². The minimum absolute atomic E-state index is 0.235. The maximum absolute atomic E-state index is 2.48. The van der Waals surface area contributed by atoms with Crippen LogP contribution in [0.1, 0.15) is 72.2 Å². The monoisotopic (exact) mass is 1230 g/mol. The van der Waals surface area contributed by atoms with Gasteiger partial charge in [-0.3, -0.25) is 0 Å². The first kappa shape index (κ1) is 56.5. The first-order valence-corrected chi connectivity index (χ1v) is 34.5. The Morgan fingerprint density at radius 3 is 0.916 bits per heavy atom. The van der Waals surface area contributed by atoms with Crippen LogP contribution in [0.4, 0.5) is 34.1 Å². The summed E-state index contributed by atoms with van der Waals surface area (Å²) in [6.07, 6.45) is 9.25. The molecule has 0 spiro atoms. The summed E-state index contributed by atoms with van der Waals surface area (Å²) < 4.78 is 0. The molecule has 1 heterocycles. The first-order chi connectivity index (χ1) is 46.6. The highest BCUT2D eigenvalue weighted by Crippen LogP contribution is 2.57. The summed E-state index contributed by atoms with van der Waals surface area (Å²) in [5.74, 6) is 0. The van der Waals surface area contributed by atoms with Crippen LogP contribution < -0.4 is 9.80 Å². The summed E-state index contributed by atoms with van der Waals surface area (Å²) in [5, 5.41) is 16.6. The molecule has 0 atom stereocenters. The third-order valence-electron chi connectivity index (χ3n) is 20.7. The first-order valence-electron chi connectivity index (χ1n) is 33.2. The fourth-order valence-corrected chi connectivity index (χ4v) is 18.5. The maximum Gasteiger partial charge on any atom is 0.0540 e. The number of hydrogen-bond acceptors (Lipinski definition) is 2. The standard InChI is InChI=1S/C92H67N2P/c1-91(2)81-56-62(42-48-75(81)77-50-46-68(58-83(77)91)93(85-34-16-24-64-20-8-12-30-71(64)85)86-35-17-25-65-21-9-13-31-72(65)86)40-38-60-44-52-89-79(54-60)80-55-61(45-53-90(80)95(89)70-28-6-5-7-29-70)39-41-63-43-49-76-78-51-47-69(59-84(78)92(3,4)82(76)57-63)94(87-36-18-26-66-22-10-14-32-73(66)87)88-37-19-27-67-23-11-15-33-74(67)88/h5-59H,1-4H3/b40-38+,41-39+. The number of benzene rings is 15. The van der Waals surface area contributed by atoms with Gasteiger partial charge >= 0.3 is 0 Å². The molecule has 450 valence electrons. The minimum atomic E-state index is -0.730. The third kappa shape index (κ3) is 9.30. The second-order valence-electron chi connectivity index (χ2n) is 26.9. The zero-order valence-corrected chi connectivity index (χ0v) is 54.5. The van der Waals surface area contributed by atoms with E-state index in [9.17, 15) is 0 Å². The molecule has 0 saturated heterocycles. The van der Waals surface area contributed by atoms with Crippen LogP contribution in [0.5, 0.6) is 0 Å². The Hall–Kier alpha value is -11.3. The molecular weight excluding hydrogens is 1160 g/mol. The van der Waals surface area contributed by atoms with Gasteiger partial charge < -0.3 is 9.80 Å². The van der Waals surface area contributed by atoms with E-state index in [0.29, 0.717) is 0 Å². The molecular formula is C92H67N2P. The van der Waals surface area contributed by atoms with E-state index >= 15 is 0 Å². The second-order valence-corrected chi connectivity index (χ2v) is 29.0. The number of fused-ring (bicyclic) bond motifs is 13. The topological polar surface area (TPSA) is 6.48 Å². The summed E-state index contributed by atoms with van der Waals surface area (Å²) in [7, 11) is -0.730. The van der Waals surface area contributed by atoms with Gasteiger partial charge in [-0.15, -0.1) is 0 Å². The van der Waals surface area contributed by atoms with Crippen LogP contribution in [-0.4, -0.2) is 0 Å². The van der Waals surface area contributed by atoms with Crippen molar-refractivity contribution in [3.05, 3.63) is 354 Å². The summed E-state index contributed by atoms with van der Waals surface area (Å²) >= 11 is 0. The SMILES string of the molecule is CC1(C)c2cc(/C=C/c3ccc4c(c3)c3cc(/C=C/c5ccc6c(c5)C(C)(C)c5cc(N(c7cccc8ccccc78)c7cccc8ccccc78)ccc5-6)ccc3p4-c3ccccc3)ccc2-c2ccc(N(c3cccc4ccccc34)c3cccc4ccccc34)cc21. The Kier molecular flexibility index (Phi) is 13.2. The molecule has 1 aromatic heterocycles. The van der Waals surface area contributed by atoms with Crippen molar-refractivity contribution in [1.82, 2.24) is 0 Å². The smallest absolute Gasteiger partial charge is 0.0540 e. The fourth-order valence-electron chi connectivity index (χ4n) is 15.9. The van der Waals surface area contributed by atoms with Crippen molar-refractivity contribution in [2.75, 3.05) is 9.80 Å². The number of anilines is 6. The molecule has 0 N–H and O–H groups in total. The quantitative estimate of drug-likeness (QED) is 0.119. The molecule has 15 aromatic carbocycles. The van der Waals surface area contributed by atoms with Crippen molar-refractivity contribution in [3.63, 3.8) is 0 Å². The molecule has 0 amide bonds. The lowest BCUT2D eigenvalue weighted by Gasteiger charge is -2.30. The molecule has 16 aromatic rings. The Balaban J connectivity index is 0.657. The zero-order chi connectivity index (χ0) is 63.5. The molecule has 2 aliphatic rings. The van der Waals surface area contributed by atoms with Crippen LogP contribution in [0.25, 0.3) is 116 Å². The van der Waals surface area contributed by atoms with Crippen molar-refractivity contribution in [3.8, 4) is 27.6 Å². The molecule has 2 nitrogen and oxygen atoms in total. The average molecular weight is 1230 g/mol.